The van der Waals surface area contributed by atoms with E-state index >= 15 is 0 Å². The predicted octanol–water partition coefficient (Wildman–Crippen LogP) is 6.90. The number of pyridine rings is 1. The van der Waals surface area contributed by atoms with Crippen LogP contribution in [0.15, 0.2) is 87.0 Å². The van der Waals surface area contributed by atoms with Gasteiger partial charge in [0.2, 0.25) is 0 Å². The highest BCUT2D eigenvalue weighted by Gasteiger charge is 2.51. The molecule has 3 aromatic heterocycles. The molecule has 1 aliphatic rings. The molecule has 2 aromatic carbocycles. The minimum absolute atomic E-state index is 0.0329. The van der Waals surface area contributed by atoms with Crippen LogP contribution in [-0.4, -0.2) is 33.1 Å². The number of halogens is 2. The minimum atomic E-state index is -0.317. The summed E-state index contributed by atoms with van der Waals surface area (Å²) in [4.78, 5) is 12.0. The van der Waals surface area contributed by atoms with Crippen molar-refractivity contribution in [2.24, 2.45) is 0 Å². The average molecular weight is 625 g/mol. The lowest BCUT2D eigenvalue weighted by Gasteiger charge is -2.32. The fraction of sp³-hybridized carbons (Fsp3) is 0.241. The van der Waals surface area contributed by atoms with Gasteiger partial charge in [0.05, 0.1) is 29.5 Å². The van der Waals surface area contributed by atoms with E-state index in [4.69, 9.17) is 20.9 Å². The fourth-order valence-electron chi connectivity index (χ4n) is 4.28. The first kappa shape index (κ1) is 27.9. The summed E-state index contributed by atoms with van der Waals surface area (Å²) in [5.74, 6) is 0. The monoisotopic (exact) mass is 623 g/mol. The summed E-state index contributed by atoms with van der Waals surface area (Å²) < 4.78 is 14.6. The lowest BCUT2D eigenvalue weighted by molar-refractivity contribution is 0.00578. The minimum Gasteiger partial charge on any atom is -0.399 e. The van der Waals surface area contributed by atoms with Gasteiger partial charge in [0.15, 0.2) is 0 Å². The van der Waals surface area contributed by atoms with Crippen LogP contribution >= 0.6 is 38.9 Å². The molecule has 0 saturated carbocycles. The molecule has 0 amide bonds. The highest BCUT2D eigenvalue weighted by molar-refractivity contribution is 9.10. The molecule has 1 aliphatic heterocycles. The molecule has 6 nitrogen and oxygen atoms in total. The number of thiophene rings is 1. The van der Waals surface area contributed by atoms with Crippen molar-refractivity contribution >= 4 is 62.4 Å². The summed E-state index contributed by atoms with van der Waals surface area (Å²) in [7, 11) is -0.317. The molecule has 0 aliphatic carbocycles. The van der Waals surface area contributed by atoms with Gasteiger partial charge in [-0.3, -0.25) is 9.89 Å². The molecule has 0 radical (unpaired) electrons. The molecule has 1 fully saturated rings. The first-order chi connectivity index (χ1) is 18.5. The van der Waals surface area contributed by atoms with Crippen molar-refractivity contribution in [3.05, 3.63) is 103 Å². The molecule has 0 bridgehead atoms. The molecule has 200 valence electrons. The Kier molecular flexibility index (Phi) is 7.90. The number of hydrogen-bond donors (Lipinski definition) is 1. The van der Waals surface area contributed by atoms with Gasteiger partial charge in [-0.2, -0.15) is 16.4 Å². The van der Waals surface area contributed by atoms with Gasteiger partial charge >= 0.3 is 7.12 Å². The van der Waals surface area contributed by atoms with E-state index in [-0.39, 0.29) is 23.9 Å². The lowest BCUT2D eigenvalue weighted by Crippen LogP contribution is -2.41. The van der Waals surface area contributed by atoms with Crippen molar-refractivity contribution in [1.82, 2.24) is 14.8 Å². The van der Waals surface area contributed by atoms with Crippen LogP contribution in [0, 0.1) is 0 Å². The Hall–Kier alpha value is -2.69. The van der Waals surface area contributed by atoms with Crippen LogP contribution < -0.4 is 11.0 Å². The van der Waals surface area contributed by atoms with Gasteiger partial charge in [0.25, 0.3) is 5.56 Å². The Morgan fingerprint density at radius 3 is 2.54 bits per heavy atom. The number of H-pyrrole nitrogens is 1. The van der Waals surface area contributed by atoms with E-state index in [0.717, 1.165) is 37.5 Å². The third kappa shape index (κ3) is 6.08. The van der Waals surface area contributed by atoms with Crippen LogP contribution in [0.25, 0.3) is 22.0 Å². The van der Waals surface area contributed by atoms with Crippen molar-refractivity contribution < 1.29 is 9.31 Å². The maximum absolute atomic E-state index is 12.0. The van der Waals surface area contributed by atoms with Crippen molar-refractivity contribution in [3.63, 3.8) is 0 Å². The summed E-state index contributed by atoms with van der Waals surface area (Å²) in [6.45, 7) is 8.72. The second-order valence-electron chi connectivity index (χ2n) is 10.4. The fourth-order valence-corrected chi connectivity index (χ4v) is 5.51. The van der Waals surface area contributed by atoms with Gasteiger partial charge in [-0.25, -0.2) is 0 Å². The van der Waals surface area contributed by atoms with Crippen molar-refractivity contribution in [3.8, 4) is 11.1 Å². The molecule has 1 N–H and O–H groups in total. The zero-order valence-electron chi connectivity index (χ0n) is 22.1. The Bertz CT molecular complexity index is 1650. The van der Waals surface area contributed by atoms with Gasteiger partial charge in [-0.05, 0) is 107 Å². The Morgan fingerprint density at radius 1 is 1.05 bits per heavy atom. The summed E-state index contributed by atoms with van der Waals surface area (Å²) in [6, 6.07) is 17.3. The summed E-state index contributed by atoms with van der Waals surface area (Å²) in [5, 5.41) is 12.9. The van der Waals surface area contributed by atoms with E-state index in [1.807, 2.05) is 48.0 Å². The number of hydrogen-bond acceptors (Lipinski definition) is 5. The van der Waals surface area contributed by atoms with E-state index < -0.39 is 0 Å². The molecule has 6 rings (SSSR count). The van der Waals surface area contributed by atoms with Gasteiger partial charge in [-0.1, -0.05) is 29.8 Å². The van der Waals surface area contributed by atoms with Crippen LogP contribution in [0.1, 0.15) is 33.3 Å². The topological polar surface area (TPSA) is 69.1 Å². The molecule has 0 unspecified atom stereocenters. The number of nitrogens with one attached hydrogen (secondary N) is 1. The van der Waals surface area contributed by atoms with Crippen LogP contribution in [-0.2, 0) is 15.9 Å². The molecule has 5 aromatic rings. The second-order valence-corrected chi connectivity index (χ2v) is 12.6. The summed E-state index contributed by atoms with van der Waals surface area (Å²) in [5.41, 5.74) is 4.66. The first-order valence-corrected chi connectivity index (χ1v) is 14.6. The maximum atomic E-state index is 12.0. The average Bonchev–Trinajstić information content (AvgIpc) is 3.61. The predicted molar refractivity (Wildman–Crippen MR) is 164 cm³/mol. The summed E-state index contributed by atoms with van der Waals surface area (Å²) in [6.07, 6.45) is 3.60. The van der Waals surface area contributed by atoms with Crippen molar-refractivity contribution in [2.75, 3.05) is 0 Å². The molecule has 0 atom stereocenters. The van der Waals surface area contributed by atoms with Crippen LogP contribution in [0.3, 0.4) is 0 Å². The number of rotatable bonds is 4. The third-order valence-electron chi connectivity index (χ3n) is 7.18. The molecular weight excluding hydrogens is 597 g/mol. The molecular formula is C29H28BBrClN3O3S. The zero-order valence-corrected chi connectivity index (χ0v) is 25.2. The van der Waals surface area contributed by atoms with Crippen molar-refractivity contribution in [1.29, 1.82) is 0 Å². The Balaban J connectivity index is 0.000000160. The zero-order chi connectivity index (χ0) is 27.8. The Labute approximate surface area is 245 Å². The normalized spacial score (nSPS) is 15.8. The van der Waals surface area contributed by atoms with Crippen LogP contribution in [0.2, 0.25) is 5.02 Å². The standard InChI is InChI=1S/C16H11BrClNOS.C13H17BN2O2/c17-13-1-4-16(20)19(9-13)8-12-7-14(18)2-3-15(12)11-5-6-21-10-11;1-12(2)13(3,4)18-14(17-12)10-6-5-9-8-15-16-11(9)7-10/h1-7,9-10H,8H2;5-8H,1-4H3,(H,15,16). The largest absolute Gasteiger partial charge is 0.494 e. The van der Waals surface area contributed by atoms with E-state index in [1.165, 1.54) is 0 Å². The summed E-state index contributed by atoms with van der Waals surface area (Å²) >= 11 is 11.2. The Morgan fingerprint density at radius 2 is 1.82 bits per heavy atom. The second kappa shape index (κ2) is 11.1. The highest BCUT2D eigenvalue weighted by atomic mass is 79.9. The SMILES string of the molecule is CC1(C)OB(c2ccc3cn[nH]c3c2)OC1(C)C.O=c1ccc(Br)cn1Cc1cc(Cl)ccc1-c1ccsc1. The number of benzene rings is 2. The highest BCUT2D eigenvalue weighted by Crippen LogP contribution is 2.36. The lowest BCUT2D eigenvalue weighted by atomic mass is 9.79. The maximum Gasteiger partial charge on any atom is 0.494 e. The molecule has 4 heterocycles. The molecule has 1 saturated heterocycles. The number of nitrogens with zero attached hydrogens (tertiary/aromatic N) is 2. The quantitative estimate of drug-likeness (QED) is 0.221. The molecule has 39 heavy (non-hydrogen) atoms. The molecule has 10 heteroatoms. The number of fused-ring (bicyclic) bond motifs is 1. The van der Waals surface area contributed by atoms with Gasteiger partial charge in [0, 0.05) is 27.1 Å². The van der Waals surface area contributed by atoms with E-state index in [1.54, 1.807) is 34.2 Å². The van der Waals surface area contributed by atoms with Gasteiger partial charge in [0.1, 0.15) is 0 Å². The van der Waals surface area contributed by atoms with Crippen molar-refractivity contribution in [2.45, 2.75) is 45.4 Å². The molecule has 0 spiro atoms. The van der Waals surface area contributed by atoms with E-state index in [9.17, 15) is 4.79 Å². The van der Waals surface area contributed by atoms with E-state index in [2.05, 4.69) is 65.3 Å². The van der Waals surface area contributed by atoms with Crippen LogP contribution in [0.5, 0.6) is 0 Å². The first-order valence-electron chi connectivity index (χ1n) is 12.5. The van der Waals surface area contributed by atoms with Gasteiger partial charge < -0.3 is 13.9 Å². The number of aromatic nitrogens is 3. The third-order valence-corrected chi connectivity index (χ3v) is 8.57. The van der Waals surface area contributed by atoms with Gasteiger partial charge in [-0.15, -0.1) is 0 Å². The smallest absolute Gasteiger partial charge is 0.399 e. The number of aromatic amines is 1. The van der Waals surface area contributed by atoms with Crippen LogP contribution in [0.4, 0.5) is 0 Å². The van der Waals surface area contributed by atoms with E-state index in [0.29, 0.717) is 11.6 Å².